The summed E-state index contributed by atoms with van der Waals surface area (Å²) in [6.07, 6.45) is 0.599. The fourth-order valence-corrected chi connectivity index (χ4v) is 1.51. The highest BCUT2D eigenvalue weighted by Gasteiger charge is 2.05. The van der Waals surface area contributed by atoms with Gasteiger partial charge in [-0.25, -0.2) is 4.98 Å². The van der Waals surface area contributed by atoms with Crippen molar-refractivity contribution in [2.45, 2.75) is 20.3 Å². The number of pyridine rings is 1. The van der Waals surface area contributed by atoms with E-state index in [-0.39, 0.29) is 0 Å². The summed E-state index contributed by atoms with van der Waals surface area (Å²) in [5.41, 5.74) is 1.40. The molecule has 0 spiro atoms. The Labute approximate surface area is 105 Å². The Hall–Kier alpha value is -2.42. The topological polar surface area (TPSA) is 87.6 Å². The van der Waals surface area contributed by atoms with Crippen LogP contribution in [-0.4, -0.2) is 21.7 Å². The Morgan fingerprint density at radius 3 is 2.83 bits per heavy atom. The van der Waals surface area contributed by atoms with E-state index >= 15 is 0 Å². The number of aryl methyl sites for hydroxylation is 2. The Balaban J connectivity index is 1.98. The molecule has 92 valence electrons. The van der Waals surface area contributed by atoms with Crippen LogP contribution in [0.1, 0.15) is 23.0 Å². The minimum Gasteiger partial charge on any atom is -0.368 e. The van der Waals surface area contributed by atoms with Crippen LogP contribution in [0.4, 0.5) is 5.82 Å². The van der Waals surface area contributed by atoms with Gasteiger partial charge in [0, 0.05) is 18.7 Å². The minimum atomic E-state index is 0.530. The van der Waals surface area contributed by atoms with Crippen LogP contribution >= 0.6 is 0 Å². The van der Waals surface area contributed by atoms with Crippen LogP contribution in [0.3, 0.4) is 0 Å². The summed E-state index contributed by atoms with van der Waals surface area (Å²) in [7, 11) is 0. The summed E-state index contributed by atoms with van der Waals surface area (Å²) in [6, 6.07) is 5.66. The van der Waals surface area contributed by atoms with Crippen molar-refractivity contribution in [2.24, 2.45) is 0 Å². The normalized spacial score (nSPS) is 10.1. The Kier molecular flexibility index (Phi) is 3.53. The molecule has 0 aliphatic carbocycles. The lowest BCUT2D eigenvalue weighted by atomic mass is 10.2. The van der Waals surface area contributed by atoms with Crippen LogP contribution in [0.25, 0.3) is 0 Å². The summed E-state index contributed by atoms with van der Waals surface area (Å²) in [6.45, 7) is 4.25. The maximum atomic E-state index is 8.96. The molecule has 0 amide bonds. The Morgan fingerprint density at radius 1 is 1.33 bits per heavy atom. The second-order valence-corrected chi connectivity index (χ2v) is 3.87. The maximum absolute atomic E-state index is 8.96. The molecule has 0 saturated carbocycles. The van der Waals surface area contributed by atoms with E-state index in [9.17, 15) is 0 Å². The van der Waals surface area contributed by atoms with Gasteiger partial charge in [0.2, 0.25) is 5.89 Å². The first-order chi connectivity index (χ1) is 8.69. The number of hydrogen-bond acceptors (Lipinski definition) is 6. The lowest BCUT2D eigenvalue weighted by Gasteiger charge is -2.06. The molecule has 2 heterocycles. The molecule has 0 saturated heterocycles. The maximum Gasteiger partial charge on any atom is 0.228 e. The second kappa shape index (κ2) is 5.27. The molecule has 0 radical (unpaired) electrons. The largest absolute Gasteiger partial charge is 0.368 e. The third-order valence-corrected chi connectivity index (χ3v) is 2.36. The SMILES string of the molecule is Cc1ccc(C#N)c(NCCc2nc(C)no2)n1. The summed E-state index contributed by atoms with van der Waals surface area (Å²) in [5.74, 6) is 1.79. The molecule has 0 aliphatic rings. The van der Waals surface area contributed by atoms with E-state index in [1.165, 1.54) is 0 Å². The van der Waals surface area contributed by atoms with E-state index in [4.69, 9.17) is 9.78 Å². The summed E-state index contributed by atoms with van der Waals surface area (Å²) >= 11 is 0. The highest BCUT2D eigenvalue weighted by molar-refractivity contribution is 5.52. The van der Waals surface area contributed by atoms with Crippen LogP contribution in [0, 0.1) is 25.2 Å². The Morgan fingerprint density at radius 2 is 2.17 bits per heavy atom. The summed E-state index contributed by atoms with van der Waals surface area (Å²) in [5, 5.41) is 15.8. The monoisotopic (exact) mass is 243 g/mol. The van der Waals surface area contributed by atoms with Gasteiger partial charge in [-0.2, -0.15) is 10.2 Å². The van der Waals surface area contributed by atoms with Crippen LogP contribution in [-0.2, 0) is 6.42 Å². The van der Waals surface area contributed by atoms with E-state index in [1.807, 2.05) is 13.0 Å². The van der Waals surface area contributed by atoms with Crippen LogP contribution in [0.2, 0.25) is 0 Å². The molecule has 0 aliphatic heterocycles. The average molecular weight is 243 g/mol. The van der Waals surface area contributed by atoms with E-state index in [2.05, 4.69) is 26.5 Å². The quantitative estimate of drug-likeness (QED) is 0.877. The highest BCUT2D eigenvalue weighted by Crippen LogP contribution is 2.12. The third-order valence-electron chi connectivity index (χ3n) is 2.36. The molecule has 6 nitrogen and oxygen atoms in total. The zero-order valence-corrected chi connectivity index (χ0v) is 10.3. The van der Waals surface area contributed by atoms with Crippen molar-refractivity contribution in [3.63, 3.8) is 0 Å². The van der Waals surface area contributed by atoms with Gasteiger partial charge in [0.1, 0.15) is 11.9 Å². The lowest BCUT2D eigenvalue weighted by molar-refractivity contribution is 0.377. The number of hydrogen-bond donors (Lipinski definition) is 1. The van der Waals surface area contributed by atoms with Crippen molar-refractivity contribution in [3.05, 3.63) is 35.1 Å². The van der Waals surface area contributed by atoms with Crippen molar-refractivity contribution in [3.8, 4) is 6.07 Å². The second-order valence-electron chi connectivity index (χ2n) is 3.87. The summed E-state index contributed by atoms with van der Waals surface area (Å²) in [4.78, 5) is 8.38. The van der Waals surface area contributed by atoms with E-state index in [1.54, 1.807) is 13.0 Å². The zero-order chi connectivity index (χ0) is 13.0. The fraction of sp³-hybridized carbons (Fsp3) is 0.333. The van der Waals surface area contributed by atoms with Gasteiger partial charge in [0.05, 0.1) is 5.56 Å². The molecule has 2 aromatic rings. The molecule has 0 fully saturated rings. The van der Waals surface area contributed by atoms with Gasteiger partial charge in [-0.1, -0.05) is 5.16 Å². The molecule has 0 unspecified atom stereocenters. The van der Waals surface area contributed by atoms with Crippen molar-refractivity contribution in [2.75, 3.05) is 11.9 Å². The van der Waals surface area contributed by atoms with Crippen LogP contribution in [0.15, 0.2) is 16.7 Å². The van der Waals surface area contributed by atoms with Crippen molar-refractivity contribution in [1.29, 1.82) is 5.26 Å². The molecule has 0 atom stereocenters. The van der Waals surface area contributed by atoms with Crippen molar-refractivity contribution in [1.82, 2.24) is 15.1 Å². The zero-order valence-electron chi connectivity index (χ0n) is 10.3. The number of aromatic nitrogens is 3. The van der Waals surface area contributed by atoms with Crippen LogP contribution in [0.5, 0.6) is 0 Å². The van der Waals surface area contributed by atoms with Gasteiger partial charge in [0.25, 0.3) is 0 Å². The average Bonchev–Trinajstić information content (AvgIpc) is 2.75. The smallest absolute Gasteiger partial charge is 0.228 e. The first-order valence-corrected chi connectivity index (χ1v) is 5.60. The van der Waals surface area contributed by atoms with Crippen LogP contribution < -0.4 is 5.32 Å². The minimum absolute atomic E-state index is 0.530. The highest BCUT2D eigenvalue weighted by atomic mass is 16.5. The number of nitriles is 1. The fourth-order valence-electron chi connectivity index (χ4n) is 1.51. The van der Waals surface area contributed by atoms with Gasteiger partial charge in [-0.15, -0.1) is 0 Å². The standard InChI is InChI=1S/C12H13N5O/c1-8-3-4-10(7-13)12(15-8)14-6-5-11-16-9(2)17-18-11/h3-4H,5-6H2,1-2H3,(H,14,15). The van der Waals surface area contributed by atoms with Gasteiger partial charge < -0.3 is 9.84 Å². The van der Waals surface area contributed by atoms with Gasteiger partial charge in [-0.3, -0.25) is 0 Å². The molecule has 1 N–H and O–H groups in total. The van der Waals surface area contributed by atoms with Gasteiger partial charge >= 0.3 is 0 Å². The molecule has 2 aromatic heterocycles. The Bertz CT molecular complexity index is 584. The molecule has 0 aromatic carbocycles. The number of nitrogens with one attached hydrogen (secondary N) is 1. The number of rotatable bonds is 4. The van der Waals surface area contributed by atoms with Crippen molar-refractivity contribution >= 4 is 5.82 Å². The van der Waals surface area contributed by atoms with E-state index < -0.39 is 0 Å². The van der Waals surface area contributed by atoms with Gasteiger partial charge in [-0.05, 0) is 26.0 Å². The molecule has 6 heteroatoms. The molecule has 18 heavy (non-hydrogen) atoms. The first kappa shape index (κ1) is 12.0. The molecule has 0 bridgehead atoms. The van der Waals surface area contributed by atoms with E-state index in [0.717, 1.165) is 5.69 Å². The van der Waals surface area contributed by atoms with Crippen molar-refractivity contribution < 1.29 is 4.52 Å². The predicted octanol–water partition coefficient (Wildman–Crippen LogP) is 1.61. The van der Waals surface area contributed by atoms with E-state index in [0.29, 0.717) is 36.1 Å². The number of nitrogens with zero attached hydrogens (tertiary/aromatic N) is 4. The van der Waals surface area contributed by atoms with Gasteiger partial charge in [0.15, 0.2) is 5.82 Å². The third kappa shape index (κ3) is 2.83. The predicted molar refractivity (Wildman–Crippen MR) is 64.9 cm³/mol. The lowest BCUT2D eigenvalue weighted by Crippen LogP contribution is -2.08. The molecular weight excluding hydrogens is 230 g/mol. The summed E-state index contributed by atoms with van der Waals surface area (Å²) < 4.78 is 5.00. The first-order valence-electron chi connectivity index (χ1n) is 5.60. The molecular formula is C12H13N5O. The number of anilines is 1. The molecule has 2 rings (SSSR count).